The Morgan fingerprint density at radius 1 is 0.955 bits per heavy atom. The van der Waals surface area contributed by atoms with Crippen molar-refractivity contribution >= 4 is 35.2 Å². The molecule has 0 radical (unpaired) electrons. The molecular weight excluding hydrogens is 574 g/mol. The molecule has 1 aliphatic heterocycles. The summed E-state index contributed by atoms with van der Waals surface area (Å²) in [5, 5.41) is 11.6. The minimum atomic E-state index is -1.78. The van der Waals surface area contributed by atoms with E-state index < -0.39 is 47.5 Å². The zero-order valence-electron chi connectivity index (χ0n) is 25.7. The van der Waals surface area contributed by atoms with Crippen LogP contribution in [-0.4, -0.2) is 96.6 Å². The van der Waals surface area contributed by atoms with E-state index in [0.717, 1.165) is 16.9 Å². The van der Waals surface area contributed by atoms with Gasteiger partial charge in [0, 0.05) is 32.2 Å². The first kappa shape index (κ1) is 33.6. The van der Waals surface area contributed by atoms with Crippen LogP contribution in [0.1, 0.15) is 31.9 Å². The minimum Gasteiger partial charge on any atom is -0.493 e. The predicted molar refractivity (Wildman–Crippen MR) is 157 cm³/mol. The molecule has 0 saturated heterocycles. The van der Waals surface area contributed by atoms with Crippen molar-refractivity contribution in [2.24, 2.45) is 5.92 Å². The first-order chi connectivity index (χ1) is 20.9. The maximum Gasteiger partial charge on any atom is 0.374 e. The van der Waals surface area contributed by atoms with Gasteiger partial charge in [0.25, 0.3) is 17.6 Å². The zero-order chi connectivity index (χ0) is 32.7. The summed E-state index contributed by atoms with van der Waals surface area (Å²) in [6, 6.07) is 8.76. The van der Waals surface area contributed by atoms with Gasteiger partial charge in [-0.2, -0.15) is 0 Å². The van der Waals surface area contributed by atoms with Crippen LogP contribution in [0, 0.1) is 5.92 Å². The lowest BCUT2D eigenvalue weighted by atomic mass is 9.96. The van der Waals surface area contributed by atoms with Crippen LogP contribution in [-0.2, 0) is 35.1 Å². The van der Waals surface area contributed by atoms with Gasteiger partial charge in [0.1, 0.15) is 18.7 Å². The molecule has 2 aromatic rings. The third-order valence-corrected chi connectivity index (χ3v) is 7.02. The van der Waals surface area contributed by atoms with Gasteiger partial charge in [0.2, 0.25) is 11.7 Å². The second kappa shape index (κ2) is 14.5. The molecule has 1 N–H and O–H groups in total. The van der Waals surface area contributed by atoms with Gasteiger partial charge in [0.15, 0.2) is 11.5 Å². The molecule has 0 saturated carbocycles. The average Bonchev–Trinajstić information content (AvgIpc) is 3.00. The highest BCUT2D eigenvalue weighted by Gasteiger charge is 2.47. The Labute approximate surface area is 255 Å². The quantitative estimate of drug-likeness (QED) is 0.334. The summed E-state index contributed by atoms with van der Waals surface area (Å²) in [4.78, 5) is 67.8. The number of carboxylic acid groups (broad SMARTS) is 1. The van der Waals surface area contributed by atoms with Crippen molar-refractivity contribution in [3.63, 3.8) is 0 Å². The van der Waals surface area contributed by atoms with Crippen LogP contribution >= 0.6 is 0 Å². The fourth-order valence-electron chi connectivity index (χ4n) is 5.08. The summed E-state index contributed by atoms with van der Waals surface area (Å²) < 4.78 is 21.5. The molecule has 3 rings (SSSR count). The van der Waals surface area contributed by atoms with Gasteiger partial charge in [-0.05, 0) is 23.6 Å². The molecule has 236 valence electrons. The van der Waals surface area contributed by atoms with Crippen LogP contribution in [0.5, 0.6) is 17.2 Å². The first-order valence-electron chi connectivity index (χ1n) is 13.7. The molecule has 2 atom stereocenters. The van der Waals surface area contributed by atoms with Crippen LogP contribution in [0.4, 0.5) is 0 Å². The van der Waals surface area contributed by atoms with Crippen molar-refractivity contribution in [2.45, 2.75) is 39.3 Å². The number of Topliss-reactive ketones (excluding diaryl/α,β-unsaturated/α-hetero) is 1. The Bertz CT molecular complexity index is 1410. The lowest BCUT2D eigenvalue weighted by Gasteiger charge is -2.46. The average molecular weight is 612 g/mol. The molecule has 0 fully saturated rings. The standard InChI is InChI=1S/C31H37N3O10/c1-18(2)27-30(38)34(33(19(3)35)22(28(37)31(39)40)13-20-11-9-8-10-12-20)23(16-32(27)26(36)17-41-4)21-14-24(42-5)29(44-7)25(15-21)43-6/h8-12,14-16,18,22,27H,13,17H2,1-7H3,(H,39,40)/t22-,27?/m0/s1. The van der Waals surface area contributed by atoms with Crippen molar-refractivity contribution in [1.82, 2.24) is 14.9 Å². The predicted octanol–water partition coefficient (Wildman–Crippen LogP) is 2.38. The number of ketones is 1. The second-order valence-corrected chi connectivity index (χ2v) is 10.2. The third kappa shape index (κ3) is 6.83. The fourth-order valence-corrected chi connectivity index (χ4v) is 5.08. The topological polar surface area (TPSA) is 152 Å². The maximum absolute atomic E-state index is 14.5. The summed E-state index contributed by atoms with van der Waals surface area (Å²) in [5.41, 5.74) is 0.762. The van der Waals surface area contributed by atoms with Crippen LogP contribution in [0.2, 0.25) is 0 Å². The fraction of sp³-hybridized carbons (Fsp3) is 0.387. The van der Waals surface area contributed by atoms with Gasteiger partial charge in [-0.3, -0.25) is 19.2 Å². The van der Waals surface area contributed by atoms with Crippen LogP contribution in [0.3, 0.4) is 0 Å². The van der Waals surface area contributed by atoms with Crippen molar-refractivity contribution < 1.29 is 48.0 Å². The van der Waals surface area contributed by atoms with Gasteiger partial charge < -0.3 is 29.0 Å². The summed E-state index contributed by atoms with van der Waals surface area (Å²) in [5.74, 6) is -4.99. The van der Waals surface area contributed by atoms with Gasteiger partial charge in [0.05, 0.1) is 27.0 Å². The number of hydrogen-bond donors (Lipinski definition) is 1. The number of benzene rings is 2. The smallest absolute Gasteiger partial charge is 0.374 e. The van der Waals surface area contributed by atoms with E-state index in [-0.39, 0.29) is 41.5 Å². The van der Waals surface area contributed by atoms with E-state index in [1.807, 2.05) is 0 Å². The molecular formula is C31H37N3O10. The van der Waals surface area contributed by atoms with E-state index in [0.29, 0.717) is 5.56 Å². The summed E-state index contributed by atoms with van der Waals surface area (Å²) in [6.07, 6.45) is 1.16. The van der Waals surface area contributed by atoms with E-state index >= 15 is 0 Å². The van der Waals surface area contributed by atoms with E-state index in [2.05, 4.69) is 0 Å². The monoisotopic (exact) mass is 611 g/mol. The highest BCUT2D eigenvalue weighted by molar-refractivity contribution is 6.35. The largest absolute Gasteiger partial charge is 0.493 e. The molecule has 0 aliphatic carbocycles. The number of ether oxygens (including phenoxy) is 4. The number of hydrazine groups is 1. The molecule has 2 aromatic carbocycles. The van der Waals surface area contributed by atoms with E-state index in [4.69, 9.17) is 18.9 Å². The zero-order valence-corrected chi connectivity index (χ0v) is 25.7. The van der Waals surface area contributed by atoms with Crippen LogP contribution in [0.15, 0.2) is 48.7 Å². The van der Waals surface area contributed by atoms with Crippen molar-refractivity contribution in [3.05, 3.63) is 59.8 Å². The molecule has 1 unspecified atom stereocenters. The lowest BCUT2D eigenvalue weighted by Crippen LogP contribution is -2.64. The Balaban J connectivity index is 2.40. The van der Waals surface area contributed by atoms with Crippen molar-refractivity contribution in [3.8, 4) is 17.2 Å². The lowest BCUT2D eigenvalue weighted by molar-refractivity contribution is -0.171. The highest BCUT2D eigenvalue weighted by Crippen LogP contribution is 2.42. The van der Waals surface area contributed by atoms with Crippen LogP contribution < -0.4 is 14.2 Å². The molecule has 1 aliphatic rings. The van der Waals surface area contributed by atoms with E-state index in [9.17, 15) is 29.1 Å². The molecule has 0 spiro atoms. The number of amides is 3. The summed E-state index contributed by atoms with van der Waals surface area (Å²) in [7, 11) is 5.54. The summed E-state index contributed by atoms with van der Waals surface area (Å²) >= 11 is 0. The number of carbonyl (C=O) groups excluding carboxylic acids is 4. The first-order valence-corrected chi connectivity index (χ1v) is 13.7. The summed E-state index contributed by atoms with van der Waals surface area (Å²) in [6.45, 7) is 4.21. The Morgan fingerprint density at radius 2 is 1.55 bits per heavy atom. The number of methoxy groups -OCH3 is 4. The van der Waals surface area contributed by atoms with Crippen LogP contribution in [0.25, 0.3) is 5.70 Å². The van der Waals surface area contributed by atoms with E-state index in [1.54, 1.807) is 44.2 Å². The number of carboxylic acids is 1. The highest BCUT2D eigenvalue weighted by atomic mass is 16.5. The van der Waals surface area contributed by atoms with Gasteiger partial charge >= 0.3 is 5.97 Å². The molecule has 13 nitrogen and oxygen atoms in total. The van der Waals surface area contributed by atoms with Gasteiger partial charge in [-0.25, -0.2) is 14.8 Å². The Morgan fingerprint density at radius 3 is 2.00 bits per heavy atom. The molecule has 44 heavy (non-hydrogen) atoms. The number of nitrogens with zero attached hydrogens (tertiary/aromatic N) is 3. The Hall–Kier alpha value is -4.91. The Kier molecular flexibility index (Phi) is 11.1. The number of rotatable bonds is 13. The normalized spacial score (nSPS) is 15.4. The molecule has 0 aromatic heterocycles. The second-order valence-electron chi connectivity index (χ2n) is 10.2. The molecule has 0 bridgehead atoms. The van der Waals surface area contributed by atoms with Gasteiger partial charge in [-0.1, -0.05) is 44.2 Å². The molecule has 3 amide bonds. The van der Waals surface area contributed by atoms with Crippen molar-refractivity contribution in [2.75, 3.05) is 35.0 Å². The number of carbonyl (C=O) groups is 5. The van der Waals surface area contributed by atoms with Gasteiger partial charge in [-0.15, -0.1) is 0 Å². The van der Waals surface area contributed by atoms with Crippen molar-refractivity contribution in [1.29, 1.82) is 0 Å². The number of hydrogen-bond acceptors (Lipinski definition) is 9. The third-order valence-electron chi connectivity index (χ3n) is 7.02. The minimum absolute atomic E-state index is 0.0259. The maximum atomic E-state index is 14.5. The molecule has 13 heteroatoms. The SMILES string of the molecule is COCC(=O)N1C=C(c2cc(OC)c(OC)c(OC)c2)N(N(C(C)=O)[C@@H](Cc2ccccc2)C(=O)C(=O)O)C(=O)C1C(C)C. The van der Waals surface area contributed by atoms with E-state index in [1.165, 1.54) is 51.7 Å². The number of aliphatic carboxylic acids is 1. The molecule has 1 heterocycles.